The third-order valence-electron chi connectivity index (χ3n) is 2.17. The Morgan fingerprint density at radius 2 is 1.87 bits per heavy atom. The first-order valence-corrected chi connectivity index (χ1v) is 5.57. The Morgan fingerprint density at radius 3 is 2.40 bits per heavy atom. The Bertz CT molecular complexity index is 301. The summed E-state index contributed by atoms with van der Waals surface area (Å²) in [6.07, 6.45) is 4.20. The second-order valence-electron chi connectivity index (χ2n) is 3.36. The van der Waals surface area contributed by atoms with E-state index < -0.39 is 0 Å². The molecule has 0 aliphatic carbocycles. The van der Waals surface area contributed by atoms with Gasteiger partial charge in [0.2, 0.25) is 0 Å². The molecule has 0 radical (unpaired) electrons. The molecule has 15 heavy (non-hydrogen) atoms. The van der Waals surface area contributed by atoms with Crippen LogP contribution < -0.4 is 5.43 Å². The number of benzene rings is 1. The van der Waals surface area contributed by atoms with Crippen LogP contribution in [0.2, 0.25) is 0 Å². The molecule has 0 atom stereocenters. The summed E-state index contributed by atoms with van der Waals surface area (Å²) in [4.78, 5) is 0. The molecule has 1 N–H and O–H groups in total. The highest BCUT2D eigenvalue weighted by Gasteiger charge is 2.02. The monoisotopic (exact) mass is 204 g/mol. The highest BCUT2D eigenvalue weighted by atomic mass is 15.5. The normalized spacial score (nSPS) is 13.7. The Hall–Kier alpha value is -1.28. The van der Waals surface area contributed by atoms with E-state index in [1.54, 1.807) is 0 Å². The highest BCUT2D eigenvalue weighted by molar-refractivity contribution is 5.21. The van der Waals surface area contributed by atoms with E-state index in [9.17, 15) is 0 Å². The Morgan fingerprint density at radius 1 is 1.20 bits per heavy atom. The molecule has 1 heterocycles. The SMILES string of the molecule is CC.Cc1ccc(CN2C=CCN2)cc1. The van der Waals surface area contributed by atoms with Gasteiger partial charge in [0, 0.05) is 12.7 Å². The van der Waals surface area contributed by atoms with Crippen LogP contribution in [0, 0.1) is 6.92 Å². The van der Waals surface area contributed by atoms with Crippen molar-refractivity contribution in [3.8, 4) is 0 Å². The van der Waals surface area contributed by atoms with Gasteiger partial charge in [0.05, 0.1) is 6.54 Å². The second kappa shape index (κ2) is 6.25. The largest absolute Gasteiger partial charge is 0.311 e. The number of hydrazine groups is 1. The van der Waals surface area contributed by atoms with E-state index >= 15 is 0 Å². The van der Waals surface area contributed by atoms with Gasteiger partial charge in [0.25, 0.3) is 0 Å². The highest BCUT2D eigenvalue weighted by Crippen LogP contribution is 2.07. The lowest BCUT2D eigenvalue weighted by molar-refractivity contribution is 0.298. The van der Waals surface area contributed by atoms with Gasteiger partial charge in [0.1, 0.15) is 0 Å². The van der Waals surface area contributed by atoms with Gasteiger partial charge in [-0.2, -0.15) is 0 Å². The van der Waals surface area contributed by atoms with Crippen LogP contribution in [0.3, 0.4) is 0 Å². The first-order chi connectivity index (χ1) is 7.34. The van der Waals surface area contributed by atoms with Crippen molar-refractivity contribution < 1.29 is 0 Å². The fourth-order valence-corrected chi connectivity index (χ4v) is 1.40. The van der Waals surface area contributed by atoms with Crippen LogP contribution in [0.1, 0.15) is 25.0 Å². The van der Waals surface area contributed by atoms with Crippen molar-refractivity contribution in [2.24, 2.45) is 0 Å². The average molecular weight is 204 g/mol. The zero-order valence-electron chi connectivity index (χ0n) is 9.83. The molecular weight excluding hydrogens is 184 g/mol. The minimum absolute atomic E-state index is 0.941. The maximum atomic E-state index is 3.24. The smallest absolute Gasteiger partial charge is 0.0588 e. The molecule has 1 aliphatic heterocycles. The van der Waals surface area contributed by atoms with Crippen molar-refractivity contribution >= 4 is 0 Å². The molecule has 82 valence electrons. The van der Waals surface area contributed by atoms with Crippen LogP contribution >= 0.6 is 0 Å². The molecule has 0 aromatic heterocycles. The van der Waals surface area contributed by atoms with Gasteiger partial charge in [-0.1, -0.05) is 49.8 Å². The maximum Gasteiger partial charge on any atom is 0.0588 e. The minimum atomic E-state index is 0.941. The summed E-state index contributed by atoms with van der Waals surface area (Å²) in [6.45, 7) is 8.00. The van der Waals surface area contributed by atoms with Gasteiger partial charge in [-0.3, -0.25) is 0 Å². The number of aryl methyl sites for hydroxylation is 1. The molecular formula is C13H20N2. The quantitative estimate of drug-likeness (QED) is 0.797. The molecule has 1 aromatic carbocycles. The van der Waals surface area contributed by atoms with Crippen LogP contribution in [-0.4, -0.2) is 11.6 Å². The molecule has 0 saturated heterocycles. The molecule has 0 spiro atoms. The fraction of sp³-hybridized carbons (Fsp3) is 0.385. The van der Waals surface area contributed by atoms with Gasteiger partial charge in [-0.25, -0.2) is 5.43 Å². The lowest BCUT2D eigenvalue weighted by Crippen LogP contribution is -2.27. The molecule has 2 nitrogen and oxygen atoms in total. The van der Waals surface area contributed by atoms with Gasteiger partial charge in [-0.05, 0) is 12.5 Å². The second-order valence-corrected chi connectivity index (χ2v) is 3.36. The van der Waals surface area contributed by atoms with Crippen molar-refractivity contribution in [1.82, 2.24) is 10.4 Å². The molecule has 2 rings (SSSR count). The third kappa shape index (κ3) is 3.76. The zero-order valence-corrected chi connectivity index (χ0v) is 9.83. The van der Waals surface area contributed by atoms with E-state index in [-0.39, 0.29) is 0 Å². The van der Waals surface area contributed by atoms with Crippen LogP contribution in [0.15, 0.2) is 36.5 Å². The van der Waals surface area contributed by atoms with E-state index in [0.717, 1.165) is 13.1 Å². The molecule has 0 amide bonds. The topological polar surface area (TPSA) is 15.3 Å². The molecule has 0 fully saturated rings. The number of hydrogen-bond donors (Lipinski definition) is 1. The molecule has 0 saturated carbocycles. The molecule has 0 bridgehead atoms. The fourth-order valence-electron chi connectivity index (χ4n) is 1.40. The first-order valence-electron chi connectivity index (χ1n) is 5.57. The summed E-state index contributed by atoms with van der Waals surface area (Å²) in [7, 11) is 0. The van der Waals surface area contributed by atoms with E-state index in [1.807, 2.05) is 13.8 Å². The maximum absolute atomic E-state index is 3.24. The minimum Gasteiger partial charge on any atom is -0.311 e. The van der Waals surface area contributed by atoms with Crippen molar-refractivity contribution in [2.45, 2.75) is 27.3 Å². The first kappa shape index (κ1) is 11.8. The molecule has 2 heteroatoms. The van der Waals surface area contributed by atoms with E-state index in [2.05, 4.69) is 53.9 Å². The van der Waals surface area contributed by atoms with Crippen molar-refractivity contribution in [3.05, 3.63) is 47.7 Å². The zero-order chi connectivity index (χ0) is 11.1. The standard InChI is InChI=1S/C11H14N2.C2H6/c1-10-3-5-11(6-4-10)9-13-8-2-7-12-13;1-2/h2-6,8,12H,7,9H2,1H3;1-2H3. The summed E-state index contributed by atoms with van der Waals surface area (Å²) < 4.78 is 0. The van der Waals surface area contributed by atoms with Gasteiger partial charge in [0.15, 0.2) is 0 Å². The van der Waals surface area contributed by atoms with Crippen LogP contribution in [0.4, 0.5) is 0 Å². The van der Waals surface area contributed by atoms with Crippen molar-refractivity contribution in [3.63, 3.8) is 0 Å². The molecule has 1 aromatic rings. The van der Waals surface area contributed by atoms with Crippen molar-refractivity contribution in [2.75, 3.05) is 6.54 Å². The molecule has 1 aliphatic rings. The third-order valence-corrected chi connectivity index (χ3v) is 2.17. The summed E-state index contributed by atoms with van der Waals surface area (Å²) in [6, 6.07) is 8.64. The summed E-state index contributed by atoms with van der Waals surface area (Å²) in [5.74, 6) is 0. The number of nitrogens with one attached hydrogen (secondary N) is 1. The van der Waals surface area contributed by atoms with Gasteiger partial charge >= 0.3 is 0 Å². The van der Waals surface area contributed by atoms with E-state index in [1.165, 1.54) is 11.1 Å². The summed E-state index contributed by atoms with van der Waals surface area (Å²) in [5.41, 5.74) is 5.89. The predicted octanol–water partition coefficient (Wildman–Crippen LogP) is 2.86. The Balaban J connectivity index is 0.000000531. The number of nitrogens with zero attached hydrogens (tertiary/aromatic N) is 1. The number of rotatable bonds is 2. The van der Waals surface area contributed by atoms with Crippen LogP contribution in [-0.2, 0) is 6.54 Å². The Kier molecular flexibility index (Phi) is 4.91. The lowest BCUT2D eigenvalue weighted by atomic mass is 10.1. The van der Waals surface area contributed by atoms with Crippen LogP contribution in [0.25, 0.3) is 0 Å². The van der Waals surface area contributed by atoms with E-state index in [0.29, 0.717) is 0 Å². The Labute approximate surface area is 92.6 Å². The van der Waals surface area contributed by atoms with E-state index in [4.69, 9.17) is 0 Å². The van der Waals surface area contributed by atoms with Gasteiger partial charge < -0.3 is 5.01 Å². The number of hydrogen-bond acceptors (Lipinski definition) is 2. The predicted molar refractivity (Wildman–Crippen MR) is 65.2 cm³/mol. The van der Waals surface area contributed by atoms with Crippen LogP contribution in [0.5, 0.6) is 0 Å². The van der Waals surface area contributed by atoms with Crippen molar-refractivity contribution in [1.29, 1.82) is 0 Å². The summed E-state index contributed by atoms with van der Waals surface area (Å²) >= 11 is 0. The average Bonchev–Trinajstić information content (AvgIpc) is 2.77. The lowest BCUT2D eigenvalue weighted by Gasteiger charge is -2.15. The summed E-state index contributed by atoms with van der Waals surface area (Å²) in [5, 5.41) is 2.10. The van der Waals surface area contributed by atoms with Gasteiger partial charge in [-0.15, -0.1) is 0 Å². The molecule has 0 unspecified atom stereocenters.